The Labute approximate surface area is 79.0 Å². The van der Waals surface area contributed by atoms with Crippen LogP contribution in [-0.4, -0.2) is 10.2 Å². The zero-order valence-electron chi connectivity index (χ0n) is 8.68. The number of H-pyrrole nitrogens is 1. The summed E-state index contributed by atoms with van der Waals surface area (Å²) in [6, 6.07) is 4.17. The fourth-order valence-corrected chi connectivity index (χ4v) is 1.27. The highest BCUT2D eigenvalue weighted by molar-refractivity contribution is 5.82. The van der Waals surface area contributed by atoms with E-state index in [9.17, 15) is 0 Å². The molecule has 0 unspecified atom stereocenters. The van der Waals surface area contributed by atoms with Crippen molar-refractivity contribution < 1.29 is 0 Å². The summed E-state index contributed by atoms with van der Waals surface area (Å²) in [6.07, 6.45) is 1.87. The number of aromatic nitrogens is 2. The SMILES string of the molecule is CC.Cc1ccc2[nH]ncc2c1C. The lowest BCUT2D eigenvalue weighted by atomic mass is 10.1. The maximum absolute atomic E-state index is 3.98. The van der Waals surface area contributed by atoms with Crippen LogP contribution >= 0.6 is 0 Å². The van der Waals surface area contributed by atoms with Gasteiger partial charge in [-0.1, -0.05) is 19.9 Å². The molecule has 0 fully saturated rings. The monoisotopic (exact) mass is 176 g/mol. The lowest BCUT2D eigenvalue weighted by molar-refractivity contribution is 1.12. The fraction of sp³-hybridized carbons (Fsp3) is 0.364. The number of rotatable bonds is 0. The van der Waals surface area contributed by atoms with Crippen molar-refractivity contribution in [3.63, 3.8) is 0 Å². The van der Waals surface area contributed by atoms with Gasteiger partial charge < -0.3 is 0 Å². The summed E-state index contributed by atoms with van der Waals surface area (Å²) < 4.78 is 0. The van der Waals surface area contributed by atoms with Gasteiger partial charge in [-0.3, -0.25) is 5.10 Å². The van der Waals surface area contributed by atoms with E-state index in [0.717, 1.165) is 5.52 Å². The third-order valence-electron chi connectivity index (χ3n) is 2.16. The van der Waals surface area contributed by atoms with Crippen molar-refractivity contribution in [3.05, 3.63) is 29.5 Å². The number of aromatic amines is 1. The molecule has 2 aromatic rings. The Morgan fingerprint density at radius 3 is 2.54 bits per heavy atom. The molecule has 1 heterocycles. The van der Waals surface area contributed by atoms with E-state index in [2.05, 4.69) is 36.2 Å². The smallest absolute Gasteiger partial charge is 0.0653 e. The molecule has 0 aliphatic heterocycles. The van der Waals surface area contributed by atoms with Gasteiger partial charge in [0.25, 0.3) is 0 Å². The third kappa shape index (κ3) is 1.72. The van der Waals surface area contributed by atoms with E-state index < -0.39 is 0 Å². The summed E-state index contributed by atoms with van der Waals surface area (Å²) in [6.45, 7) is 8.23. The molecular weight excluding hydrogens is 160 g/mol. The molecule has 1 aromatic carbocycles. The minimum Gasteiger partial charge on any atom is -0.278 e. The van der Waals surface area contributed by atoms with Gasteiger partial charge in [0, 0.05) is 5.39 Å². The molecule has 2 rings (SSSR count). The summed E-state index contributed by atoms with van der Waals surface area (Å²) in [7, 11) is 0. The Kier molecular flexibility index (Phi) is 3.07. The van der Waals surface area contributed by atoms with Crippen molar-refractivity contribution in [3.8, 4) is 0 Å². The molecule has 1 aromatic heterocycles. The standard InChI is InChI=1S/C9H10N2.C2H6/c1-6-3-4-9-8(7(6)2)5-10-11-9;1-2/h3-5H,1-2H3,(H,10,11);1-2H3. The maximum atomic E-state index is 3.98. The molecule has 0 saturated heterocycles. The molecule has 0 spiro atoms. The Morgan fingerprint density at radius 2 is 1.85 bits per heavy atom. The number of benzene rings is 1. The van der Waals surface area contributed by atoms with E-state index in [1.165, 1.54) is 16.5 Å². The highest BCUT2D eigenvalue weighted by Gasteiger charge is 1.99. The van der Waals surface area contributed by atoms with Gasteiger partial charge in [0.15, 0.2) is 0 Å². The molecule has 0 aliphatic rings. The quantitative estimate of drug-likeness (QED) is 0.656. The van der Waals surface area contributed by atoms with Crippen LogP contribution in [0.15, 0.2) is 18.3 Å². The zero-order valence-corrected chi connectivity index (χ0v) is 8.68. The van der Waals surface area contributed by atoms with Gasteiger partial charge in [-0.05, 0) is 31.0 Å². The van der Waals surface area contributed by atoms with Crippen molar-refractivity contribution in [1.82, 2.24) is 10.2 Å². The molecule has 0 radical (unpaired) electrons. The van der Waals surface area contributed by atoms with Gasteiger partial charge in [-0.2, -0.15) is 5.10 Å². The van der Waals surface area contributed by atoms with Crippen LogP contribution in [0, 0.1) is 13.8 Å². The fourth-order valence-electron chi connectivity index (χ4n) is 1.27. The predicted molar refractivity (Wildman–Crippen MR) is 56.9 cm³/mol. The third-order valence-corrected chi connectivity index (χ3v) is 2.16. The molecule has 2 nitrogen and oxygen atoms in total. The largest absolute Gasteiger partial charge is 0.278 e. The second kappa shape index (κ2) is 4.08. The average molecular weight is 176 g/mol. The number of nitrogens with one attached hydrogen (secondary N) is 1. The number of aryl methyl sites for hydroxylation is 2. The van der Waals surface area contributed by atoms with Crippen LogP contribution in [0.3, 0.4) is 0 Å². The number of hydrogen-bond donors (Lipinski definition) is 1. The molecule has 13 heavy (non-hydrogen) atoms. The Balaban J connectivity index is 0.000000396. The van der Waals surface area contributed by atoms with Crippen LogP contribution < -0.4 is 0 Å². The number of fused-ring (bicyclic) bond motifs is 1. The highest BCUT2D eigenvalue weighted by atomic mass is 15.1. The summed E-state index contributed by atoms with van der Waals surface area (Å²) in [5, 5.41) is 8.14. The second-order valence-corrected chi connectivity index (χ2v) is 2.84. The second-order valence-electron chi connectivity index (χ2n) is 2.84. The summed E-state index contributed by atoms with van der Waals surface area (Å²) in [4.78, 5) is 0. The first-order chi connectivity index (χ1) is 6.29. The highest BCUT2D eigenvalue weighted by Crippen LogP contribution is 2.18. The van der Waals surface area contributed by atoms with Gasteiger partial charge in [-0.25, -0.2) is 0 Å². The molecule has 0 atom stereocenters. The van der Waals surface area contributed by atoms with E-state index in [4.69, 9.17) is 0 Å². The lowest BCUT2D eigenvalue weighted by Crippen LogP contribution is -1.79. The van der Waals surface area contributed by atoms with Crippen LogP contribution in [0.25, 0.3) is 10.9 Å². The van der Waals surface area contributed by atoms with Gasteiger partial charge in [-0.15, -0.1) is 0 Å². The summed E-state index contributed by atoms with van der Waals surface area (Å²) in [5.74, 6) is 0. The Bertz CT molecular complexity index is 388. The zero-order chi connectivity index (χ0) is 9.84. The first kappa shape index (κ1) is 9.78. The van der Waals surface area contributed by atoms with Crippen LogP contribution in [0.1, 0.15) is 25.0 Å². The molecule has 0 amide bonds. The van der Waals surface area contributed by atoms with Gasteiger partial charge in [0.2, 0.25) is 0 Å². The molecule has 0 bridgehead atoms. The van der Waals surface area contributed by atoms with E-state index in [-0.39, 0.29) is 0 Å². The normalized spacial score (nSPS) is 9.54. The summed E-state index contributed by atoms with van der Waals surface area (Å²) in [5.41, 5.74) is 3.75. The topological polar surface area (TPSA) is 28.7 Å². The van der Waals surface area contributed by atoms with Crippen LogP contribution in [0.5, 0.6) is 0 Å². The van der Waals surface area contributed by atoms with Crippen molar-refractivity contribution in [1.29, 1.82) is 0 Å². The van der Waals surface area contributed by atoms with E-state index in [1.54, 1.807) is 0 Å². The van der Waals surface area contributed by atoms with Crippen molar-refractivity contribution in [2.24, 2.45) is 0 Å². The Hall–Kier alpha value is -1.31. The molecule has 0 saturated carbocycles. The van der Waals surface area contributed by atoms with Gasteiger partial charge >= 0.3 is 0 Å². The van der Waals surface area contributed by atoms with Gasteiger partial charge in [0.05, 0.1) is 11.7 Å². The van der Waals surface area contributed by atoms with Crippen LogP contribution in [0.4, 0.5) is 0 Å². The van der Waals surface area contributed by atoms with Crippen molar-refractivity contribution in [2.45, 2.75) is 27.7 Å². The van der Waals surface area contributed by atoms with Gasteiger partial charge in [0.1, 0.15) is 0 Å². The molecular formula is C11H16N2. The number of nitrogens with zero attached hydrogens (tertiary/aromatic N) is 1. The molecule has 2 heteroatoms. The lowest BCUT2D eigenvalue weighted by Gasteiger charge is -1.98. The Morgan fingerprint density at radius 1 is 1.15 bits per heavy atom. The van der Waals surface area contributed by atoms with E-state index in [1.807, 2.05) is 20.0 Å². The molecule has 70 valence electrons. The van der Waals surface area contributed by atoms with Crippen LogP contribution in [-0.2, 0) is 0 Å². The molecule has 0 aliphatic carbocycles. The summed E-state index contributed by atoms with van der Waals surface area (Å²) >= 11 is 0. The molecule has 1 N–H and O–H groups in total. The minimum atomic E-state index is 1.12. The predicted octanol–water partition coefficient (Wildman–Crippen LogP) is 3.21. The average Bonchev–Trinajstić information content (AvgIpc) is 2.63. The minimum absolute atomic E-state index is 1.12. The van der Waals surface area contributed by atoms with Crippen molar-refractivity contribution >= 4 is 10.9 Å². The first-order valence-electron chi connectivity index (χ1n) is 4.68. The van der Waals surface area contributed by atoms with E-state index in [0.29, 0.717) is 0 Å². The number of hydrogen-bond acceptors (Lipinski definition) is 1. The van der Waals surface area contributed by atoms with Crippen molar-refractivity contribution in [2.75, 3.05) is 0 Å². The van der Waals surface area contributed by atoms with E-state index >= 15 is 0 Å². The van der Waals surface area contributed by atoms with Crippen LogP contribution in [0.2, 0.25) is 0 Å². The first-order valence-corrected chi connectivity index (χ1v) is 4.68. The maximum Gasteiger partial charge on any atom is 0.0653 e.